The molecule has 5 aliphatic heterocycles. The molecular weight excluding hydrogens is 1290 g/mol. The number of rotatable bonds is 29. The lowest BCUT2D eigenvalue weighted by Gasteiger charge is -2.35. The van der Waals surface area contributed by atoms with E-state index in [1.54, 1.807) is 19.6 Å². The van der Waals surface area contributed by atoms with Gasteiger partial charge in [0.1, 0.15) is 24.0 Å². The first kappa shape index (κ1) is 80.4. The van der Waals surface area contributed by atoms with E-state index in [4.69, 9.17) is 32.9 Å². The van der Waals surface area contributed by atoms with Gasteiger partial charge in [-0.25, -0.2) is 15.0 Å². The first-order valence-corrected chi connectivity index (χ1v) is 39.5. The van der Waals surface area contributed by atoms with Gasteiger partial charge in [0.2, 0.25) is 35.4 Å². The second-order valence-corrected chi connectivity index (χ2v) is 31.2. The third kappa shape index (κ3) is 25.2. The molecule has 3 aromatic carbocycles. The van der Waals surface area contributed by atoms with Crippen LogP contribution in [0.15, 0.2) is 80.4 Å². The molecule has 11 rings (SSSR count). The Labute approximate surface area is 617 Å². The van der Waals surface area contributed by atoms with E-state index in [-0.39, 0.29) is 35.5 Å². The number of benzene rings is 3. The smallest absolute Gasteiger partial charge is 0.226 e. The molecule has 5 aliphatic rings. The van der Waals surface area contributed by atoms with Gasteiger partial charge in [-0.3, -0.25) is 29.1 Å². The van der Waals surface area contributed by atoms with E-state index in [0.29, 0.717) is 17.7 Å². The number of unbranched alkanes of at least 4 members (excludes halogenated alkanes) is 1. The number of likely N-dealkylation sites (tertiary alicyclic amines) is 5. The van der Waals surface area contributed by atoms with E-state index in [1.165, 1.54) is 67.7 Å². The number of methoxy groups -OCH3 is 1. The third-order valence-electron chi connectivity index (χ3n) is 22.6. The molecule has 103 heavy (non-hydrogen) atoms. The van der Waals surface area contributed by atoms with E-state index in [1.807, 2.05) is 26.0 Å². The van der Waals surface area contributed by atoms with Crippen LogP contribution in [0.2, 0.25) is 0 Å². The molecule has 0 aliphatic carbocycles. The predicted octanol–water partition coefficient (Wildman–Crippen LogP) is 14.1. The summed E-state index contributed by atoms with van der Waals surface area (Å²) in [4.78, 5) is 66.8. The number of carbonyl (C=O) groups excluding carboxylic acids is 3. The van der Waals surface area contributed by atoms with Gasteiger partial charge < -0.3 is 48.6 Å². The van der Waals surface area contributed by atoms with Gasteiger partial charge in [0.25, 0.3) is 0 Å². The van der Waals surface area contributed by atoms with Crippen LogP contribution in [0, 0.1) is 83.0 Å². The van der Waals surface area contributed by atoms with E-state index < -0.39 is 0 Å². The Kier molecular flexibility index (Phi) is 31.7. The van der Waals surface area contributed by atoms with Gasteiger partial charge in [0.15, 0.2) is 0 Å². The van der Waals surface area contributed by atoms with Crippen LogP contribution in [-0.2, 0) is 34.0 Å². The van der Waals surface area contributed by atoms with Crippen LogP contribution in [0.3, 0.4) is 0 Å². The number of hydrogen-bond acceptors (Lipinski definition) is 16. The fourth-order valence-electron chi connectivity index (χ4n) is 15.7. The normalized spacial score (nSPS) is 18.9. The quantitative estimate of drug-likeness (QED) is 0.0375. The summed E-state index contributed by atoms with van der Waals surface area (Å²) in [5.74, 6) is 8.00. The molecule has 3 amide bonds. The fraction of sp³-hybridized carbons (Fsp3) is 0.643. The number of nitrogens with one attached hydrogen (secondary N) is 3. The summed E-state index contributed by atoms with van der Waals surface area (Å²) in [5.41, 5.74) is 12.0. The summed E-state index contributed by atoms with van der Waals surface area (Å²) in [5, 5.41) is 9.56. The highest BCUT2D eigenvalue weighted by Crippen LogP contribution is 2.31. The summed E-state index contributed by atoms with van der Waals surface area (Å²) in [7, 11) is 1.67. The average Bonchev–Trinajstić information content (AvgIpc) is 1.70. The van der Waals surface area contributed by atoms with Gasteiger partial charge in [-0.1, -0.05) is 53.7 Å². The Morgan fingerprint density at radius 1 is 0.524 bits per heavy atom. The van der Waals surface area contributed by atoms with Crippen LogP contribution >= 0.6 is 0 Å². The number of oxazole rings is 3. The maximum Gasteiger partial charge on any atom is 0.226 e. The number of nitrogens with zero attached hydrogens (tertiary/aromatic N) is 9. The van der Waals surface area contributed by atoms with E-state index >= 15 is 0 Å². The van der Waals surface area contributed by atoms with Crippen molar-refractivity contribution in [2.75, 3.05) is 125 Å². The molecule has 0 spiro atoms. The number of carbonyl (C=O) groups is 3. The minimum Gasteiger partial charge on any atom is -0.497 e. The SMILES string of the molecule is CCN(CC)CCCCNC(=O)C1CCN(Cc2nc(-c3cc(C)cc(OC)c3)oc2C)CC1.Cc1ccc(-c2nc(CN3CCC(C(=O)NCCCN4CCC(C(C)C)CC4)CC3)co2)cc1C.Cc1ccc(-c2nc(CN3CCC(C(=O)NCCCN4C[C@H](C)C[C@H](C)C4)CC3)co2)cc1C. The lowest BCUT2D eigenvalue weighted by molar-refractivity contribution is -0.127. The van der Waals surface area contributed by atoms with Crippen LogP contribution in [0.5, 0.6) is 5.75 Å². The molecule has 5 saturated heterocycles. The molecule has 0 unspecified atom stereocenters. The largest absolute Gasteiger partial charge is 0.497 e. The molecule has 19 heteroatoms. The van der Waals surface area contributed by atoms with Crippen LogP contribution in [0.1, 0.15) is 176 Å². The first-order valence-electron chi connectivity index (χ1n) is 39.5. The van der Waals surface area contributed by atoms with Crippen LogP contribution in [0.4, 0.5) is 0 Å². The van der Waals surface area contributed by atoms with E-state index in [9.17, 15) is 14.4 Å². The zero-order chi connectivity index (χ0) is 73.4. The summed E-state index contributed by atoms with van der Waals surface area (Å²) < 4.78 is 22.9. The van der Waals surface area contributed by atoms with E-state index in [2.05, 4.69) is 157 Å². The van der Waals surface area contributed by atoms with Gasteiger partial charge in [-0.05, 0) is 304 Å². The van der Waals surface area contributed by atoms with Crippen molar-refractivity contribution < 1.29 is 32.4 Å². The monoisotopic (exact) mass is 1420 g/mol. The van der Waals surface area contributed by atoms with Crippen molar-refractivity contribution in [2.24, 2.45) is 41.4 Å². The van der Waals surface area contributed by atoms with Crippen LogP contribution in [0.25, 0.3) is 34.4 Å². The molecule has 566 valence electrons. The Morgan fingerprint density at radius 3 is 1.44 bits per heavy atom. The number of amides is 3. The van der Waals surface area contributed by atoms with E-state index in [0.717, 1.165) is 250 Å². The first-order chi connectivity index (χ1) is 49.7. The molecule has 19 nitrogen and oxygen atoms in total. The molecule has 0 saturated carbocycles. The second kappa shape index (κ2) is 40.7. The Hall–Kier alpha value is -6.74. The summed E-state index contributed by atoms with van der Waals surface area (Å²) in [6, 6.07) is 18.6. The molecule has 5 fully saturated rings. The van der Waals surface area contributed by atoms with Gasteiger partial charge in [0, 0.05) is 86.8 Å². The molecular formula is C84H128N12O7. The van der Waals surface area contributed by atoms with Gasteiger partial charge in [-0.2, -0.15) is 0 Å². The Balaban J connectivity index is 0.000000179. The number of aromatic nitrogens is 3. The molecule has 3 aromatic heterocycles. The van der Waals surface area contributed by atoms with Crippen molar-refractivity contribution in [3.05, 3.63) is 118 Å². The van der Waals surface area contributed by atoms with Crippen molar-refractivity contribution in [2.45, 2.75) is 186 Å². The molecule has 0 radical (unpaired) electrons. The number of aryl methyl sites for hydroxylation is 6. The molecule has 0 bridgehead atoms. The van der Waals surface area contributed by atoms with Crippen LogP contribution < -0.4 is 20.7 Å². The minimum absolute atomic E-state index is 0.118. The van der Waals surface area contributed by atoms with Gasteiger partial charge in [-0.15, -0.1) is 0 Å². The lowest BCUT2D eigenvalue weighted by Crippen LogP contribution is -2.42. The zero-order valence-corrected chi connectivity index (χ0v) is 65.3. The van der Waals surface area contributed by atoms with Crippen molar-refractivity contribution in [1.82, 2.24) is 60.3 Å². The molecule has 8 heterocycles. The minimum atomic E-state index is 0.118. The lowest BCUT2D eigenvalue weighted by atomic mass is 9.87. The van der Waals surface area contributed by atoms with Crippen molar-refractivity contribution in [1.29, 1.82) is 0 Å². The molecule has 2 atom stereocenters. The third-order valence-corrected chi connectivity index (χ3v) is 22.6. The maximum absolute atomic E-state index is 12.7. The average molecular weight is 1420 g/mol. The Morgan fingerprint density at radius 2 is 0.981 bits per heavy atom. The molecule has 6 aromatic rings. The zero-order valence-electron chi connectivity index (χ0n) is 65.3. The van der Waals surface area contributed by atoms with Gasteiger partial charge >= 0.3 is 0 Å². The number of piperidine rings is 5. The number of hydrogen-bond donors (Lipinski definition) is 3. The highest BCUT2D eigenvalue weighted by Gasteiger charge is 2.30. The number of ether oxygens (including phenoxy) is 1. The summed E-state index contributed by atoms with van der Waals surface area (Å²) in [6.45, 7) is 46.7. The summed E-state index contributed by atoms with van der Waals surface area (Å²) >= 11 is 0. The highest BCUT2D eigenvalue weighted by molar-refractivity contribution is 5.79. The molecule has 3 N–H and O–H groups in total. The predicted molar refractivity (Wildman–Crippen MR) is 413 cm³/mol. The van der Waals surface area contributed by atoms with Crippen LogP contribution in [-0.4, -0.2) is 187 Å². The standard InChI is InChI=1S/C29H44N4O2.C28H42N4O2.C27H42N4O3/c1-21(2)24-8-14-32(15-9-24)13-5-12-30-28(34)25-10-16-33(17-11-25)19-27-20-35-29(31-27)26-7-6-22(3)23(4)18-26;1-20-14-21(2)17-32(16-20)11-5-10-29-27(33)24-8-12-31(13-9-24)18-26-19-34-28(30-26)25-7-6-22(3)23(4)15-25;1-6-30(7-2)13-9-8-12-28-26(32)22-10-14-31(15-11-22)19-25-21(4)34-27(29-25)23-16-20(3)17-24(18-23)33-5/h6-7,18,20-21,24-25H,5,8-17,19H2,1-4H3,(H,30,34);6-7,15,19-21,24H,5,8-14,16-18H2,1-4H3,(H,29,33);16-18,22H,6-15,19H2,1-5H3,(H,28,32)/t;20-,21+;. The van der Waals surface area contributed by atoms with Crippen molar-refractivity contribution in [3.63, 3.8) is 0 Å². The fourth-order valence-corrected chi connectivity index (χ4v) is 15.7. The second-order valence-electron chi connectivity index (χ2n) is 31.2. The summed E-state index contributed by atoms with van der Waals surface area (Å²) in [6.07, 6.45) is 17.2. The van der Waals surface area contributed by atoms with Crippen molar-refractivity contribution in [3.8, 4) is 40.1 Å². The Bertz CT molecular complexity index is 3530. The maximum atomic E-state index is 12.7. The van der Waals surface area contributed by atoms with Gasteiger partial charge in [0.05, 0.1) is 24.2 Å². The topological polar surface area (TPSA) is 194 Å². The van der Waals surface area contributed by atoms with Crippen molar-refractivity contribution >= 4 is 17.7 Å². The highest BCUT2D eigenvalue weighted by atomic mass is 16.5.